The highest BCUT2D eigenvalue weighted by molar-refractivity contribution is 7.83. The van der Waals surface area contributed by atoms with E-state index in [9.17, 15) is 22.6 Å². The number of benzene rings is 1. The van der Waals surface area contributed by atoms with Gasteiger partial charge in [0.1, 0.15) is 16.7 Å². The zero-order valence-electron chi connectivity index (χ0n) is 29.0. The number of halogens is 3. The van der Waals surface area contributed by atoms with Gasteiger partial charge in [-0.15, -0.1) is 11.3 Å². The van der Waals surface area contributed by atoms with Crippen LogP contribution in [-0.2, 0) is 30.4 Å². The molecule has 3 saturated heterocycles. The molecule has 270 valence electrons. The first-order valence-electron chi connectivity index (χ1n) is 17.6. The summed E-state index contributed by atoms with van der Waals surface area (Å²) in [5.74, 6) is 1.15. The Morgan fingerprint density at radius 2 is 1.86 bits per heavy atom. The smallest absolute Gasteiger partial charge is 0.357 e. The summed E-state index contributed by atoms with van der Waals surface area (Å²) in [6, 6.07) is 8.48. The number of alkyl halides is 3. The minimum atomic E-state index is -4.27. The molecule has 3 fully saturated rings. The van der Waals surface area contributed by atoms with Crippen LogP contribution in [0.3, 0.4) is 0 Å². The molecular formula is C35H46F3N9OS2. The lowest BCUT2D eigenvalue weighted by Gasteiger charge is -2.33. The Labute approximate surface area is 298 Å². The van der Waals surface area contributed by atoms with Gasteiger partial charge in [0.05, 0.1) is 34.1 Å². The van der Waals surface area contributed by atoms with Crippen LogP contribution in [0, 0.1) is 23.7 Å². The summed E-state index contributed by atoms with van der Waals surface area (Å²) in [5.41, 5.74) is 5.15. The molecule has 1 aromatic carbocycles. The van der Waals surface area contributed by atoms with Crippen LogP contribution in [0.15, 0.2) is 18.2 Å². The zero-order valence-corrected chi connectivity index (χ0v) is 30.6. The Bertz CT molecular complexity index is 1790. The van der Waals surface area contributed by atoms with Crippen molar-refractivity contribution in [3.63, 3.8) is 0 Å². The highest BCUT2D eigenvalue weighted by Gasteiger charge is 2.44. The number of rotatable bonds is 10. The van der Waals surface area contributed by atoms with E-state index in [1.807, 2.05) is 0 Å². The number of likely N-dealkylation sites (tertiary alicyclic amines) is 2. The third-order valence-corrected chi connectivity index (χ3v) is 13.8. The number of anilines is 3. The lowest BCUT2D eigenvalue weighted by Crippen LogP contribution is -2.44. The van der Waals surface area contributed by atoms with Gasteiger partial charge < -0.3 is 20.0 Å². The summed E-state index contributed by atoms with van der Waals surface area (Å²) >= 11 is 1.09. The molecule has 4 aliphatic heterocycles. The molecule has 2 N–H and O–H groups in total. The van der Waals surface area contributed by atoms with E-state index in [-0.39, 0.29) is 21.6 Å². The summed E-state index contributed by atoms with van der Waals surface area (Å²) in [7, 11) is 2.52. The maximum Gasteiger partial charge on any atom is 0.393 e. The summed E-state index contributed by atoms with van der Waals surface area (Å²) in [5, 5.41) is 14.0. The fraction of sp³-hybridized carbons (Fsp3) is 0.629. The monoisotopic (exact) mass is 729 g/mol. The Morgan fingerprint density at radius 3 is 2.58 bits per heavy atom. The number of hydrogen-bond donors (Lipinski definition) is 2. The molecule has 1 spiro atoms. The fourth-order valence-electron chi connectivity index (χ4n) is 8.56. The second-order valence-corrected chi connectivity index (χ2v) is 17.2. The number of fused-ring (bicyclic) bond motifs is 2. The number of hydrogen-bond acceptors (Lipinski definition) is 10. The van der Waals surface area contributed by atoms with Crippen molar-refractivity contribution in [3.8, 4) is 6.07 Å². The van der Waals surface area contributed by atoms with E-state index in [0.717, 1.165) is 108 Å². The quantitative estimate of drug-likeness (QED) is 0.303. The first kappa shape index (κ1) is 35.4. The van der Waals surface area contributed by atoms with Crippen LogP contribution in [-0.4, -0.2) is 108 Å². The zero-order chi connectivity index (χ0) is 35.2. The molecular weight excluding hydrogens is 684 g/mol. The summed E-state index contributed by atoms with van der Waals surface area (Å²) < 4.78 is 54.6. The molecule has 50 heavy (non-hydrogen) atoms. The van der Waals surface area contributed by atoms with E-state index < -0.39 is 23.6 Å². The van der Waals surface area contributed by atoms with E-state index in [2.05, 4.69) is 59.7 Å². The largest absolute Gasteiger partial charge is 0.393 e. The molecule has 4 aliphatic rings. The summed E-state index contributed by atoms with van der Waals surface area (Å²) in [6.45, 7) is 10.2. The Kier molecular flexibility index (Phi) is 10.0. The molecule has 0 radical (unpaired) electrons. The van der Waals surface area contributed by atoms with Crippen LogP contribution in [0.1, 0.15) is 47.3 Å². The maximum atomic E-state index is 13.2. The van der Waals surface area contributed by atoms with Crippen LogP contribution in [0.4, 0.5) is 30.6 Å². The Balaban J connectivity index is 0.998. The van der Waals surface area contributed by atoms with Crippen LogP contribution < -0.4 is 19.8 Å². The van der Waals surface area contributed by atoms with E-state index in [1.165, 1.54) is 22.4 Å². The van der Waals surface area contributed by atoms with E-state index in [1.54, 1.807) is 20.2 Å². The standard InChI is InChI=1S/C35H46F3N9OS2/c1-23-24(4-5-30-28(23)16-25(19-39)47(30)15-14-44-10-6-27(7-11-44)50(48)41-3)20-45-12-8-34(21-45)9-13-46(22-34)31-29-17-26(18-35(36,37)38)49-32(29)43-33(40-2)42-31/h4-5,17,25,27,41H,6-16,18,20-22H2,1-3H3,(H,40,42,43). The number of thiophene rings is 1. The Hall–Kier alpha value is -3.03. The van der Waals surface area contributed by atoms with Gasteiger partial charge in [0.15, 0.2) is 0 Å². The lowest BCUT2D eigenvalue weighted by molar-refractivity contribution is -0.126. The van der Waals surface area contributed by atoms with Gasteiger partial charge in [-0.05, 0) is 88.1 Å². The van der Waals surface area contributed by atoms with Crippen molar-refractivity contribution in [1.82, 2.24) is 24.5 Å². The van der Waals surface area contributed by atoms with Crippen molar-refractivity contribution < 1.29 is 17.4 Å². The molecule has 0 saturated carbocycles. The number of nitriles is 1. The molecule has 3 unspecified atom stereocenters. The van der Waals surface area contributed by atoms with Crippen LogP contribution in [0.5, 0.6) is 0 Å². The minimum Gasteiger partial charge on any atom is -0.357 e. The van der Waals surface area contributed by atoms with Crippen molar-refractivity contribution in [2.75, 3.05) is 81.6 Å². The number of nitrogens with zero attached hydrogens (tertiary/aromatic N) is 7. The van der Waals surface area contributed by atoms with Crippen molar-refractivity contribution in [2.45, 2.75) is 69.5 Å². The number of piperidine rings is 1. The van der Waals surface area contributed by atoms with Crippen LogP contribution >= 0.6 is 11.3 Å². The topological polar surface area (TPSA) is 104 Å². The summed E-state index contributed by atoms with van der Waals surface area (Å²) in [6.07, 6.45) is -0.567. The van der Waals surface area contributed by atoms with E-state index >= 15 is 0 Å². The van der Waals surface area contributed by atoms with Gasteiger partial charge >= 0.3 is 6.18 Å². The lowest BCUT2D eigenvalue weighted by atomic mass is 9.86. The van der Waals surface area contributed by atoms with Crippen molar-refractivity contribution in [3.05, 3.63) is 39.8 Å². The second-order valence-electron chi connectivity index (χ2n) is 14.4. The first-order chi connectivity index (χ1) is 24.0. The molecule has 3 atom stereocenters. The maximum absolute atomic E-state index is 13.2. The second kappa shape index (κ2) is 14.2. The predicted molar refractivity (Wildman–Crippen MR) is 194 cm³/mol. The van der Waals surface area contributed by atoms with Crippen molar-refractivity contribution in [1.29, 1.82) is 5.26 Å². The molecule has 3 aromatic rings. The molecule has 2 aromatic heterocycles. The van der Waals surface area contributed by atoms with Crippen LogP contribution in [0.25, 0.3) is 10.2 Å². The highest BCUT2D eigenvalue weighted by atomic mass is 32.2. The minimum absolute atomic E-state index is 0.103. The predicted octanol–water partition coefficient (Wildman–Crippen LogP) is 4.85. The average Bonchev–Trinajstić information content (AvgIpc) is 3.89. The van der Waals surface area contributed by atoms with Gasteiger partial charge in [-0.2, -0.15) is 23.4 Å². The SMILES string of the molecule is CNc1nc(N2CCC3(CCN(Cc4ccc5c(c4C)CC(C#N)N5CCN4CCC(S(=O)NC)CC4)C3)C2)c2cc(CC(F)(F)F)sc2n1. The van der Waals surface area contributed by atoms with E-state index in [4.69, 9.17) is 4.98 Å². The van der Waals surface area contributed by atoms with Gasteiger partial charge in [0.2, 0.25) is 5.95 Å². The third kappa shape index (κ3) is 7.19. The fourth-order valence-corrected chi connectivity index (χ4v) is 10.6. The Morgan fingerprint density at radius 1 is 1.08 bits per heavy atom. The summed E-state index contributed by atoms with van der Waals surface area (Å²) in [4.78, 5) is 19.6. The van der Waals surface area contributed by atoms with E-state index in [0.29, 0.717) is 16.2 Å². The molecule has 0 amide bonds. The number of aromatic nitrogens is 2. The highest BCUT2D eigenvalue weighted by Crippen LogP contribution is 2.44. The van der Waals surface area contributed by atoms with Gasteiger partial charge in [0.25, 0.3) is 0 Å². The molecule has 15 heteroatoms. The molecule has 7 rings (SSSR count). The molecule has 6 heterocycles. The molecule has 10 nitrogen and oxygen atoms in total. The van der Waals surface area contributed by atoms with Crippen molar-refractivity contribution in [2.24, 2.45) is 5.41 Å². The van der Waals surface area contributed by atoms with Gasteiger partial charge in [-0.3, -0.25) is 4.90 Å². The number of nitrogens with one attached hydrogen (secondary N) is 2. The van der Waals surface area contributed by atoms with Crippen LogP contribution in [0.2, 0.25) is 0 Å². The normalized spacial score (nSPS) is 24.1. The molecule has 0 bridgehead atoms. The third-order valence-electron chi connectivity index (χ3n) is 11.3. The van der Waals surface area contributed by atoms with Crippen molar-refractivity contribution >= 4 is 50.0 Å². The van der Waals surface area contributed by atoms with Gasteiger partial charge in [-0.1, -0.05) is 6.07 Å². The first-order valence-corrected chi connectivity index (χ1v) is 19.6. The average molecular weight is 730 g/mol. The molecule has 0 aliphatic carbocycles. The van der Waals surface area contributed by atoms with Gasteiger partial charge in [-0.25, -0.2) is 13.9 Å². The van der Waals surface area contributed by atoms with Gasteiger partial charge in [0, 0.05) is 68.7 Å².